The number of benzene rings is 1. The lowest BCUT2D eigenvalue weighted by Crippen LogP contribution is -2.50. The fourth-order valence-corrected chi connectivity index (χ4v) is 2.58. The van der Waals surface area contributed by atoms with E-state index < -0.39 is 23.2 Å². The Morgan fingerprint density at radius 2 is 2.08 bits per heavy atom. The van der Waals surface area contributed by atoms with E-state index in [9.17, 15) is 14.0 Å². The van der Waals surface area contributed by atoms with Crippen molar-refractivity contribution >= 4 is 22.8 Å². The van der Waals surface area contributed by atoms with Crippen LogP contribution in [0.3, 0.4) is 0 Å². The molecule has 7 nitrogen and oxygen atoms in total. The van der Waals surface area contributed by atoms with E-state index in [1.165, 1.54) is 32.4 Å². The number of carbonyl (C=O) groups excluding carboxylic acids is 1. The summed E-state index contributed by atoms with van der Waals surface area (Å²) in [5, 5.41) is 12.0. The Bertz CT molecular complexity index is 773. The number of H-pyrrole nitrogens is 1. The third kappa shape index (κ3) is 3.65. The van der Waals surface area contributed by atoms with Gasteiger partial charge in [-0.15, -0.1) is 0 Å². The molecule has 1 aromatic carbocycles. The Morgan fingerprint density at radius 1 is 1.38 bits per heavy atom. The van der Waals surface area contributed by atoms with Gasteiger partial charge in [-0.05, 0) is 25.1 Å². The number of carboxylic acid groups (broad SMARTS) is 1. The van der Waals surface area contributed by atoms with E-state index in [1.54, 1.807) is 6.92 Å². The van der Waals surface area contributed by atoms with E-state index in [4.69, 9.17) is 14.6 Å². The van der Waals surface area contributed by atoms with E-state index in [1.807, 2.05) is 0 Å². The molecule has 1 heterocycles. The predicted octanol–water partition coefficient (Wildman–Crippen LogP) is 1.93. The summed E-state index contributed by atoms with van der Waals surface area (Å²) >= 11 is 0. The van der Waals surface area contributed by atoms with Crippen LogP contribution in [0.25, 0.3) is 10.9 Å². The van der Waals surface area contributed by atoms with Gasteiger partial charge in [0.15, 0.2) is 0 Å². The number of methoxy groups -OCH3 is 2. The molecule has 8 heteroatoms. The zero-order chi connectivity index (χ0) is 17.9. The summed E-state index contributed by atoms with van der Waals surface area (Å²) < 4.78 is 24.0. The molecule has 1 unspecified atom stereocenters. The van der Waals surface area contributed by atoms with Crippen molar-refractivity contribution in [2.75, 3.05) is 20.8 Å². The van der Waals surface area contributed by atoms with Gasteiger partial charge in [-0.1, -0.05) is 0 Å². The molecule has 0 bridgehead atoms. The van der Waals surface area contributed by atoms with Gasteiger partial charge in [0.2, 0.25) is 0 Å². The second-order valence-electron chi connectivity index (χ2n) is 5.74. The average molecular weight is 338 g/mol. The molecule has 3 N–H and O–H groups in total. The zero-order valence-corrected chi connectivity index (χ0v) is 13.6. The van der Waals surface area contributed by atoms with Crippen LogP contribution in [0.4, 0.5) is 4.39 Å². The number of aromatic nitrogens is 1. The summed E-state index contributed by atoms with van der Waals surface area (Å²) in [5.74, 6) is -1.73. The molecular formula is C16H19FN2O5. The molecule has 0 saturated heterocycles. The van der Waals surface area contributed by atoms with Crippen LogP contribution in [0.2, 0.25) is 0 Å². The molecule has 130 valence electrons. The van der Waals surface area contributed by atoms with Crippen molar-refractivity contribution in [1.29, 1.82) is 0 Å². The number of ether oxygens (including phenoxy) is 2. The molecule has 0 aliphatic rings. The molecule has 0 saturated carbocycles. The lowest BCUT2D eigenvalue weighted by Gasteiger charge is -2.28. The maximum atomic E-state index is 13.9. The molecule has 0 aliphatic heterocycles. The quantitative estimate of drug-likeness (QED) is 0.716. The summed E-state index contributed by atoms with van der Waals surface area (Å²) in [6, 6.07) is 4.16. The summed E-state index contributed by atoms with van der Waals surface area (Å²) in [6.45, 7) is 1.58. The average Bonchev–Trinajstić information content (AvgIpc) is 2.93. The van der Waals surface area contributed by atoms with Crippen LogP contribution in [0.15, 0.2) is 18.2 Å². The number of rotatable bonds is 7. The highest BCUT2D eigenvalue weighted by atomic mass is 19.1. The molecule has 1 aromatic heterocycles. The Morgan fingerprint density at radius 3 is 2.67 bits per heavy atom. The number of hydrogen-bond acceptors (Lipinski definition) is 4. The molecule has 1 amide bonds. The minimum absolute atomic E-state index is 0.0168. The Kier molecular flexibility index (Phi) is 5.08. The monoisotopic (exact) mass is 338 g/mol. The molecular weight excluding hydrogens is 319 g/mol. The Balaban J connectivity index is 2.33. The van der Waals surface area contributed by atoms with E-state index >= 15 is 0 Å². The summed E-state index contributed by atoms with van der Waals surface area (Å²) in [6.07, 6.45) is -0.315. The van der Waals surface area contributed by atoms with E-state index in [2.05, 4.69) is 10.3 Å². The number of carbonyl (C=O) groups is 2. The SMILES string of the molecule is COCC(C)(CC(=O)O)NC(=O)c1cc2c(OC)ccc(F)c2[nH]1. The maximum Gasteiger partial charge on any atom is 0.305 e. The van der Waals surface area contributed by atoms with Crippen LogP contribution in [0.1, 0.15) is 23.8 Å². The van der Waals surface area contributed by atoms with Gasteiger partial charge < -0.3 is 24.9 Å². The van der Waals surface area contributed by atoms with E-state index in [0.717, 1.165) is 0 Å². The van der Waals surface area contributed by atoms with Crippen molar-refractivity contribution in [2.45, 2.75) is 18.9 Å². The number of carboxylic acids is 1. The molecule has 2 aromatic rings. The van der Waals surface area contributed by atoms with Crippen molar-refractivity contribution in [3.8, 4) is 5.75 Å². The third-order valence-corrected chi connectivity index (χ3v) is 3.59. The van der Waals surface area contributed by atoms with Gasteiger partial charge in [0, 0.05) is 12.5 Å². The molecule has 1 atom stereocenters. The lowest BCUT2D eigenvalue weighted by molar-refractivity contribution is -0.139. The number of amides is 1. The summed E-state index contributed by atoms with van der Waals surface area (Å²) in [7, 11) is 2.86. The first-order valence-corrected chi connectivity index (χ1v) is 7.18. The minimum Gasteiger partial charge on any atom is -0.496 e. The first-order chi connectivity index (χ1) is 11.3. The molecule has 0 aliphatic carbocycles. The highest BCUT2D eigenvalue weighted by Crippen LogP contribution is 2.28. The number of halogens is 1. The topological polar surface area (TPSA) is 101 Å². The smallest absolute Gasteiger partial charge is 0.305 e. The van der Waals surface area contributed by atoms with Crippen molar-refractivity contribution in [3.63, 3.8) is 0 Å². The second kappa shape index (κ2) is 6.88. The van der Waals surface area contributed by atoms with Gasteiger partial charge in [0.25, 0.3) is 5.91 Å². The molecule has 24 heavy (non-hydrogen) atoms. The van der Waals surface area contributed by atoms with Gasteiger partial charge >= 0.3 is 5.97 Å². The van der Waals surface area contributed by atoms with E-state index in [0.29, 0.717) is 11.1 Å². The first-order valence-electron chi connectivity index (χ1n) is 7.18. The Hall–Kier alpha value is -2.61. The predicted molar refractivity (Wildman–Crippen MR) is 84.8 cm³/mol. The van der Waals surface area contributed by atoms with Gasteiger partial charge in [-0.2, -0.15) is 0 Å². The van der Waals surface area contributed by atoms with Gasteiger partial charge in [0.1, 0.15) is 17.3 Å². The number of aliphatic carboxylic acids is 1. The lowest BCUT2D eigenvalue weighted by atomic mass is 9.98. The third-order valence-electron chi connectivity index (χ3n) is 3.59. The number of hydrogen-bond donors (Lipinski definition) is 3. The fourth-order valence-electron chi connectivity index (χ4n) is 2.58. The van der Waals surface area contributed by atoms with Crippen molar-refractivity contribution in [3.05, 3.63) is 29.7 Å². The second-order valence-corrected chi connectivity index (χ2v) is 5.74. The van der Waals surface area contributed by atoms with Crippen LogP contribution < -0.4 is 10.1 Å². The van der Waals surface area contributed by atoms with Gasteiger partial charge in [0.05, 0.1) is 31.2 Å². The zero-order valence-electron chi connectivity index (χ0n) is 13.6. The van der Waals surface area contributed by atoms with Crippen molar-refractivity contribution < 1.29 is 28.6 Å². The standard InChI is InChI=1S/C16H19FN2O5/c1-16(8-23-2,7-13(20)21)19-15(22)11-6-9-12(24-3)5-4-10(17)14(9)18-11/h4-6,18H,7-8H2,1-3H3,(H,19,22)(H,20,21). The highest BCUT2D eigenvalue weighted by Gasteiger charge is 2.30. The minimum atomic E-state index is -1.10. The van der Waals surface area contributed by atoms with Crippen molar-refractivity contribution in [1.82, 2.24) is 10.3 Å². The van der Waals surface area contributed by atoms with Crippen LogP contribution in [-0.2, 0) is 9.53 Å². The van der Waals surface area contributed by atoms with E-state index in [-0.39, 0.29) is 24.2 Å². The van der Waals surface area contributed by atoms with Crippen LogP contribution in [-0.4, -0.2) is 48.3 Å². The number of aromatic amines is 1. The molecule has 0 spiro atoms. The molecule has 0 fully saturated rings. The van der Waals surface area contributed by atoms with Crippen LogP contribution in [0.5, 0.6) is 5.75 Å². The summed E-state index contributed by atoms with van der Waals surface area (Å²) in [4.78, 5) is 26.1. The number of nitrogens with one attached hydrogen (secondary N) is 2. The fraction of sp³-hybridized carbons (Fsp3) is 0.375. The summed E-state index contributed by atoms with van der Waals surface area (Å²) in [5.41, 5.74) is -0.857. The normalized spacial score (nSPS) is 13.5. The van der Waals surface area contributed by atoms with Gasteiger partial charge in [-0.25, -0.2) is 4.39 Å². The molecule has 2 rings (SSSR count). The van der Waals surface area contributed by atoms with Gasteiger partial charge in [-0.3, -0.25) is 9.59 Å². The highest BCUT2D eigenvalue weighted by molar-refractivity contribution is 6.00. The van der Waals surface area contributed by atoms with Crippen LogP contribution in [0, 0.1) is 5.82 Å². The largest absolute Gasteiger partial charge is 0.496 e. The number of fused-ring (bicyclic) bond motifs is 1. The Labute approximate surface area is 137 Å². The van der Waals surface area contributed by atoms with Crippen LogP contribution >= 0.6 is 0 Å². The van der Waals surface area contributed by atoms with Crippen molar-refractivity contribution in [2.24, 2.45) is 0 Å². The maximum absolute atomic E-state index is 13.9. The molecule has 0 radical (unpaired) electrons. The first kappa shape index (κ1) is 17.7.